The summed E-state index contributed by atoms with van der Waals surface area (Å²) in [7, 11) is 0. The first-order chi connectivity index (χ1) is 39.9. The maximum Gasteiger partial charge on any atom is 0.137 e. The number of rotatable bonds is 13. The van der Waals surface area contributed by atoms with Gasteiger partial charge < -0.3 is 14.5 Å². The Bertz CT molecular complexity index is 4180. The van der Waals surface area contributed by atoms with Crippen LogP contribution in [0.5, 0.6) is 11.5 Å². The highest BCUT2D eigenvalue weighted by molar-refractivity contribution is 6.09. The van der Waals surface area contributed by atoms with Crippen molar-refractivity contribution in [3.05, 3.63) is 240 Å². The van der Waals surface area contributed by atoms with Gasteiger partial charge in [-0.3, -0.25) is 4.57 Å². The molecule has 9 aromatic carbocycles. The van der Waals surface area contributed by atoms with Crippen LogP contribution in [0.1, 0.15) is 128 Å². The van der Waals surface area contributed by atoms with Crippen LogP contribution < -0.4 is 14.5 Å². The standard InChI is InChI=1S/C76H72F2N4O/c1-46(2)51-32-52(47(3)4)34-54(33-51)63-23-19-24-64(55-35-58(77)42-59(78)36-55)75(63)81-45-80(70-26-17-18-27-71(70)81)60-37-56(74-67(48(5)6)39-53(40-68(74)49(7)8)50-20-13-12-14-21-50)38-62(43-60)83-61-28-29-66-65-22-15-16-25-69(65)82(72(66)44-61)73-41-57(30-31-79-73)76(9,10)11/h12-44,46-49H,45H2,1-11H3. The van der Waals surface area contributed by atoms with E-state index in [4.69, 9.17) is 9.72 Å². The first-order valence-corrected chi connectivity index (χ1v) is 29.3. The Hall–Kier alpha value is -8.81. The van der Waals surface area contributed by atoms with Crippen molar-refractivity contribution in [1.82, 2.24) is 9.55 Å². The van der Waals surface area contributed by atoms with E-state index >= 15 is 8.78 Å². The van der Waals surface area contributed by atoms with Crippen LogP contribution in [0.2, 0.25) is 0 Å². The topological polar surface area (TPSA) is 33.5 Å². The van der Waals surface area contributed by atoms with E-state index in [1.807, 2.05) is 18.3 Å². The fraction of sp³-hybridized carbons (Fsp3) is 0.224. The lowest BCUT2D eigenvalue weighted by molar-refractivity contribution is 0.483. The van der Waals surface area contributed by atoms with Gasteiger partial charge in [-0.05, 0) is 157 Å². The molecule has 416 valence electrons. The molecular weight excluding hydrogens is 1020 g/mol. The predicted molar refractivity (Wildman–Crippen MR) is 344 cm³/mol. The molecule has 0 saturated carbocycles. The van der Waals surface area contributed by atoms with Crippen molar-refractivity contribution in [2.45, 2.75) is 105 Å². The van der Waals surface area contributed by atoms with Crippen LogP contribution >= 0.6 is 0 Å². The van der Waals surface area contributed by atoms with Crippen molar-refractivity contribution in [2.24, 2.45) is 0 Å². The average molecular weight is 1100 g/mol. The quantitative estimate of drug-likeness (QED) is 0.115. The number of anilines is 4. The average Bonchev–Trinajstić information content (AvgIpc) is 3.88. The molecule has 2 aromatic heterocycles. The molecule has 0 radical (unpaired) electrons. The minimum absolute atomic E-state index is 0.0730. The molecule has 0 saturated heterocycles. The van der Waals surface area contributed by atoms with Crippen molar-refractivity contribution in [3.63, 3.8) is 0 Å². The third-order valence-corrected chi connectivity index (χ3v) is 16.6. The fourth-order valence-electron chi connectivity index (χ4n) is 12.2. The molecule has 12 rings (SSSR count). The molecule has 0 unspecified atom stereocenters. The second-order valence-corrected chi connectivity index (χ2v) is 24.8. The molecule has 0 N–H and O–H groups in total. The molecule has 0 aliphatic carbocycles. The summed E-state index contributed by atoms with van der Waals surface area (Å²) in [5.74, 6) is 1.90. The number of hydrogen-bond acceptors (Lipinski definition) is 4. The number of nitrogens with zero attached hydrogens (tertiary/aromatic N) is 4. The van der Waals surface area contributed by atoms with Gasteiger partial charge in [0.1, 0.15) is 35.6 Å². The molecule has 0 spiro atoms. The van der Waals surface area contributed by atoms with Gasteiger partial charge in [-0.1, -0.05) is 185 Å². The van der Waals surface area contributed by atoms with E-state index < -0.39 is 11.6 Å². The van der Waals surface area contributed by atoms with Crippen LogP contribution in [-0.4, -0.2) is 16.2 Å². The van der Waals surface area contributed by atoms with Crippen molar-refractivity contribution in [2.75, 3.05) is 16.5 Å². The lowest BCUT2D eigenvalue weighted by atomic mass is 9.82. The number of fused-ring (bicyclic) bond motifs is 4. The third-order valence-electron chi connectivity index (χ3n) is 16.6. The molecule has 0 amide bonds. The van der Waals surface area contributed by atoms with E-state index in [0.29, 0.717) is 23.7 Å². The summed E-state index contributed by atoms with van der Waals surface area (Å²) < 4.78 is 40.5. The minimum atomic E-state index is -0.626. The molecule has 5 nitrogen and oxygen atoms in total. The smallest absolute Gasteiger partial charge is 0.137 e. The van der Waals surface area contributed by atoms with Crippen molar-refractivity contribution >= 4 is 44.6 Å². The van der Waals surface area contributed by atoms with Gasteiger partial charge >= 0.3 is 0 Å². The summed E-state index contributed by atoms with van der Waals surface area (Å²) in [6, 6.07) is 66.8. The Morgan fingerprint density at radius 3 is 1.70 bits per heavy atom. The molecule has 83 heavy (non-hydrogen) atoms. The Kier molecular flexibility index (Phi) is 14.4. The van der Waals surface area contributed by atoms with Crippen molar-refractivity contribution < 1.29 is 13.5 Å². The number of ether oxygens (including phenoxy) is 1. The van der Waals surface area contributed by atoms with Gasteiger partial charge in [0, 0.05) is 52.0 Å². The fourth-order valence-corrected chi connectivity index (χ4v) is 12.2. The highest BCUT2D eigenvalue weighted by Gasteiger charge is 2.33. The molecule has 11 aromatic rings. The largest absolute Gasteiger partial charge is 0.457 e. The number of benzene rings is 9. The Morgan fingerprint density at radius 1 is 0.458 bits per heavy atom. The van der Waals surface area contributed by atoms with Crippen LogP contribution in [0.4, 0.5) is 31.5 Å². The summed E-state index contributed by atoms with van der Waals surface area (Å²) in [6.07, 6.45) is 1.92. The summed E-state index contributed by atoms with van der Waals surface area (Å²) in [6.45, 7) is 25.1. The molecule has 7 heteroatoms. The first kappa shape index (κ1) is 54.8. The second kappa shape index (κ2) is 21.8. The second-order valence-electron chi connectivity index (χ2n) is 24.8. The minimum Gasteiger partial charge on any atom is -0.457 e. The zero-order valence-corrected chi connectivity index (χ0v) is 49.5. The summed E-state index contributed by atoms with van der Waals surface area (Å²) in [5, 5.41) is 2.25. The molecule has 3 heterocycles. The zero-order valence-electron chi connectivity index (χ0n) is 49.5. The maximum atomic E-state index is 15.5. The van der Waals surface area contributed by atoms with E-state index in [0.717, 1.165) is 78.7 Å². The number of aromatic nitrogens is 2. The highest BCUT2D eigenvalue weighted by Crippen LogP contribution is 2.52. The molecule has 0 fully saturated rings. The normalized spacial score (nSPS) is 12.7. The van der Waals surface area contributed by atoms with Gasteiger partial charge in [0.2, 0.25) is 0 Å². The van der Waals surface area contributed by atoms with Gasteiger partial charge in [0.05, 0.1) is 28.1 Å². The van der Waals surface area contributed by atoms with Gasteiger partial charge in [-0.2, -0.15) is 0 Å². The van der Waals surface area contributed by atoms with Gasteiger partial charge in [0.25, 0.3) is 0 Å². The number of hydrogen-bond donors (Lipinski definition) is 0. The van der Waals surface area contributed by atoms with Gasteiger partial charge in [-0.15, -0.1) is 0 Å². The Labute approximate surface area is 488 Å². The van der Waals surface area contributed by atoms with Crippen LogP contribution in [0, 0.1) is 11.6 Å². The number of pyridine rings is 1. The van der Waals surface area contributed by atoms with E-state index in [1.165, 1.54) is 56.6 Å². The third kappa shape index (κ3) is 10.5. The number of halogens is 2. The first-order valence-electron chi connectivity index (χ1n) is 29.3. The molecule has 1 aliphatic rings. The zero-order chi connectivity index (χ0) is 58.0. The molecule has 1 aliphatic heterocycles. The van der Waals surface area contributed by atoms with Crippen LogP contribution in [0.15, 0.2) is 200 Å². The lowest BCUT2D eigenvalue weighted by Crippen LogP contribution is -2.25. The van der Waals surface area contributed by atoms with Crippen molar-refractivity contribution in [3.8, 4) is 61.8 Å². The lowest BCUT2D eigenvalue weighted by Gasteiger charge is -2.28. The number of para-hydroxylation sites is 4. The predicted octanol–water partition coefficient (Wildman–Crippen LogP) is 22.0. The monoisotopic (exact) mass is 1090 g/mol. The summed E-state index contributed by atoms with van der Waals surface area (Å²) >= 11 is 0. The highest BCUT2D eigenvalue weighted by atomic mass is 19.1. The molecular formula is C76H72F2N4O. The van der Waals surface area contributed by atoms with Gasteiger partial charge in [-0.25, -0.2) is 13.8 Å². The summed E-state index contributed by atoms with van der Waals surface area (Å²) in [5.41, 5.74) is 19.7. The van der Waals surface area contributed by atoms with Crippen LogP contribution in [0.3, 0.4) is 0 Å². The van der Waals surface area contributed by atoms with Crippen LogP contribution in [-0.2, 0) is 5.41 Å². The Balaban J connectivity index is 1.07. The van der Waals surface area contributed by atoms with E-state index in [9.17, 15) is 0 Å². The maximum absolute atomic E-state index is 15.5. The van der Waals surface area contributed by atoms with Crippen LogP contribution in [0.25, 0.3) is 72.1 Å². The van der Waals surface area contributed by atoms with Gasteiger partial charge in [0.15, 0.2) is 0 Å². The Morgan fingerprint density at radius 2 is 1.06 bits per heavy atom. The van der Waals surface area contributed by atoms with Crippen molar-refractivity contribution in [1.29, 1.82) is 0 Å². The summed E-state index contributed by atoms with van der Waals surface area (Å²) in [4.78, 5) is 9.67. The molecule has 0 bridgehead atoms. The molecule has 0 atom stereocenters. The van der Waals surface area contributed by atoms with E-state index in [1.54, 1.807) is 0 Å². The van der Waals surface area contributed by atoms with E-state index in [-0.39, 0.29) is 29.1 Å². The van der Waals surface area contributed by atoms with E-state index in [2.05, 4.69) is 254 Å². The SMILES string of the molecule is CC(C)c1cc(-c2cccc(-c3cc(F)cc(F)c3)c2N2CN(c3cc(Oc4ccc5c6ccccc6n(-c6cc(C(C)(C)C)ccn6)c5c4)cc(-c4c(C(C)C)cc(-c5ccccc5)cc4C(C)C)c3)c3ccccc32)cc(C(C)C)c1.